The molecule has 5 atom stereocenters. The standard InChI is InChI=1S/C22H23ClN2O7/c1-7-8-6-9-16(25(2)3)18(28)15(21(24)31)20(30)22(9,32)19(29)13(8)17(27)14-11(26)5-4-10(23)12(7)14/h4-5,7-9,16,26-27,30,32H,6H2,1-3H3,(H2,24,31)/t7-,8-,9+,16+,22+/m0/s1. The third-order valence-electron chi connectivity index (χ3n) is 7.02. The maximum Gasteiger partial charge on any atom is 0.255 e. The Balaban J connectivity index is 2.03. The summed E-state index contributed by atoms with van der Waals surface area (Å²) < 4.78 is 0. The van der Waals surface area contributed by atoms with Crippen molar-refractivity contribution in [1.82, 2.24) is 4.90 Å². The topological polar surface area (TPSA) is 161 Å². The van der Waals surface area contributed by atoms with E-state index in [4.69, 9.17) is 17.3 Å². The van der Waals surface area contributed by atoms with E-state index in [0.717, 1.165) is 0 Å². The van der Waals surface area contributed by atoms with E-state index in [1.165, 1.54) is 17.0 Å². The Morgan fingerprint density at radius 3 is 2.41 bits per heavy atom. The van der Waals surface area contributed by atoms with Gasteiger partial charge < -0.3 is 26.2 Å². The van der Waals surface area contributed by atoms with Gasteiger partial charge in [0.05, 0.1) is 11.6 Å². The van der Waals surface area contributed by atoms with Gasteiger partial charge >= 0.3 is 0 Å². The van der Waals surface area contributed by atoms with Crippen LogP contribution in [0, 0.1) is 11.8 Å². The van der Waals surface area contributed by atoms with Crippen molar-refractivity contribution in [2.75, 3.05) is 14.1 Å². The molecule has 32 heavy (non-hydrogen) atoms. The zero-order valence-electron chi connectivity index (χ0n) is 17.6. The monoisotopic (exact) mass is 462 g/mol. The first kappa shape index (κ1) is 22.3. The van der Waals surface area contributed by atoms with E-state index in [2.05, 4.69) is 0 Å². The molecule has 6 N–H and O–H groups in total. The van der Waals surface area contributed by atoms with Crippen molar-refractivity contribution in [1.29, 1.82) is 0 Å². The summed E-state index contributed by atoms with van der Waals surface area (Å²) >= 11 is 6.35. The number of benzene rings is 1. The summed E-state index contributed by atoms with van der Waals surface area (Å²) in [5, 5.41) is 43.9. The number of Topliss-reactive ketones (excluding diaryl/α,β-unsaturated/α-hetero) is 2. The van der Waals surface area contributed by atoms with E-state index in [-0.39, 0.29) is 28.3 Å². The summed E-state index contributed by atoms with van der Waals surface area (Å²) in [4.78, 5) is 40.1. The van der Waals surface area contributed by atoms with Crippen LogP contribution in [0.1, 0.15) is 30.4 Å². The molecule has 170 valence electrons. The number of nitrogens with two attached hydrogens (primary N) is 1. The number of carbonyl (C=O) groups is 3. The number of primary amides is 1. The lowest BCUT2D eigenvalue weighted by molar-refractivity contribution is -0.154. The van der Waals surface area contributed by atoms with Crippen LogP contribution in [-0.4, -0.2) is 68.5 Å². The van der Waals surface area contributed by atoms with E-state index in [1.54, 1.807) is 21.0 Å². The number of hydrogen-bond donors (Lipinski definition) is 5. The smallest absolute Gasteiger partial charge is 0.255 e. The molecular formula is C22H23ClN2O7. The van der Waals surface area contributed by atoms with Gasteiger partial charge in [-0.05, 0) is 50.0 Å². The van der Waals surface area contributed by atoms with Crippen LogP contribution < -0.4 is 5.73 Å². The number of ketones is 2. The predicted octanol–water partition coefficient (Wildman–Crippen LogP) is 1.18. The lowest BCUT2D eigenvalue weighted by Gasteiger charge is -2.51. The van der Waals surface area contributed by atoms with Gasteiger partial charge in [-0.2, -0.15) is 0 Å². The highest BCUT2D eigenvalue weighted by Crippen LogP contribution is 2.56. The summed E-state index contributed by atoms with van der Waals surface area (Å²) in [6.45, 7) is 1.76. The van der Waals surface area contributed by atoms with Crippen molar-refractivity contribution in [3.8, 4) is 5.75 Å². The minimum Gasteiger partial charge on any atom is -0.508 e. The van der Waals surface area contributed by atoms with Gasteiger partial charge in [-0.1, -0.05) is 18.5 Å². The minimum absolute atomic E-state index is 0.0128. The van der Waals surface area contributed by atoms with E-state index < -0.39 is 64.0 Å². The molecule has 1 aromatic rings. The number of phenolic OH excluding ortho intramolecular Hbond substituents is 1. The molecule has 1 amide bonds. The molecule has 0 aromatic heterocycles. The molecule has 1 aromatic carbocycles. The largest absolute Gasteiger partial charge is 0.508 e. The third-order valence-corrected chi connectivity index (χ3v) is 7.35. The van der Waals surface area contributed by atoms with Crippen molar-refractivity contribution < 1.29 is 34.8 Å². The van der Waals surface area contributed by atoms with Gasteiger partial charge in [-0.3, -0.25) is 19.3 Å². The number of hydrogen-bond acceptors (Lipinski definition) is 8. The molecule has 0 aliphatic heterocycles. The maximum absolute atomic E-state index is 13.7. The number of aliphatic hydroxyl groups excluding tert-OH is 2. The van der Waals surface area contributed by atoms with Crippen LogP contribution in [0.3, 0.4) is 0 Å². The maximum atomic E-state index is 13.7. The van der Waals surface area contributed by atoms with Gasteiger partial charge in [-0.25, -0.2) is 0 Å². The van der Waals surface area contributed by atoms with Crippen molar-refractivity contribution in [2.24, 2.45) is 17.6 Å². The van der Waals surface area contributed by atoms with Crippen LogP contribution in [-0.2, 0) is 14.4 Å². The Labute approximate surface area is 188 Å². The number of fused-ring (bicyclic) bond motifs is 3. The first-order valence-electron chi connectivity index (χ1n) is 10.0. The number of carbonyl (C=O) groups excluding carboxylic acids is 3. The lowest BCUT2D eigenvalue weighted by Crippen LogP contribution is -2.65. The minimum atomic E-state index is -2.65. The zero-order valence-corrected chi connectivity index (χ0v) is 18.3. The third kappa shape index (κ3) is 2.61. The van der Waals surface area contributed by atoms with Crippen LogP contribution >= 0.6 is 11.6 Å². The molecule has 0 saturated heterocycles. The number of amides is 1. The number of aromatic hydroxyl groups is 1. The zero-order chi connectivity index (χ0) is 23.9. The van der Waals surface area contributed by atoms with Crippen LogP contribution in [0.4, 0.5) is 0 Å². The molecule has 0 radical (unpaired) electrons. The summed E-state index contributed by atoms with van der Waals surface area (Å²) in [5.41, 5.74) is 2.00. The van der Waals surface area contributed by atoms with Crippen LogP contribution in [0.5, 0.6) is 5.75 Å². The Kier molecular flexibility index (Phi) is 4.92. The van der Waals surface area contributed by atoms with Crippen LogP contribution in [0.25, 0.3) is 5.76 Å². The van der Waals surface area contributed by atoms with Gasteiger partial charge in [0.15, 0.2) is 11.4 Å². The molecule has 1 fully saturated rings. The molecule has 10 heteroatoms. The molecule has 0 unspecified atom stereocenters. The number of rotatable bonds is 2. The molecule has 3 aliphatic carbocycles. The summed E-state index contributed by atoms with van der Waals surface area (Å²) in [6, 6.07) is 1.63. The van der Waals surface area contributed by atoms with Gasteiger partial charge in [-0.15, -0.1) is 0 Å². The molecular weight excluding hydrogens is 440 g/mol. The van der Waals surface area contributed by atoms with Gasteiger partial charge in [0.1, 0.15) is 22.8 Å². The molecule has 0 spiro atoms. The first-order chi connectivity index (χ1) is 14.8. The highest BCUT2D eigenvalue weighted by Gasteiger charge is 2.64. The summed E-state index contributed by atoms with van der Waals surface area (Å²) in [7, 11) is 3.09. The van der Waals surface area contributed by atoms with Gasteiger partial charge in [0, 0.05) is 16.5 Å². The van der Waals surface area contributed by atoms with Crippen molar-refractivity contribution in [2.45, 2.75) is 30.9 Å². The number of aliphatic hydroxyl groups is 3. The fraction of sp³-hybridized carbons (Fsp3) is 0.409. The normalized spacial score (nSPS) is 32.1. The SMILES string of the molecule is C[C@@H]1c2c(Cl)ccc(O)c2C(O)=C2C(=O)[C@@]3(O)C(O)=C(C(N)=O)C(=O)[C@H](N(C)C)[C@H]3C[C@H]21. The van der Waals surface area contributed by atoms with E-state index in [0.29, 0.717) is 5.56 Å². The second-order valence-corrected chi connectivity index (χ2v) is 9.22. The van der Waals surface area contributed by atoms with Crippen molar-refractivity contribution in [3.05, 3.63) is 45.2 Å². The van der Waals surface area contributed by atoms with Crippen LogP contribution in [0.2, 0.25) is 5.02 Å². The van der Waals surface area contributed by atoms with E-state index >= 15 is 0 Å². The van der Waals surface area contributed by atoms with E-state index in [1.807, 2.05) is 0 Å². The second-order valence-electron chi connectivity index (χ2n) is 8.81. The molecule has 4 rings (SSSR count). The van der Waals surface area contributed by atoms with Gasteiger partial charge in [0.2, 0.25) is 5.78 Å². The fourth-order valence-corrected chi connectivity index (χ4v) is 5.89. The molecule has 0 heterocycles. The quantitative estimate of drug-likeness (QED) is 0.409. The number of likely N-dealkylation sites (N-methyl/N-ethyl adjacent to an activating group) is 1. The van der Waals surface area contributed by atoms with Gasteiger partial charge in [0.25, 0.3) is 5.91 Å². The summed E-state index contributed by atoms with van der Waals surface area (Å²) in [5.74, 6) is -7.36. The molecule has 1 saturated carbocycles. The predicted molar refractivity (Wildman–Crippen MR) is 114 cm³/mol. The van der Waals surface area contributed by atoms with E-state index in [9.17, 15) is 34.8 Å². The first-order valence-corrected chi connectivity index (χ1v) is 10.4. The number of halogens is 1. The van der Waals surface area contributed by atoms with Crippen LogP contribution in [0.15, 0.2) is 29.0 Å². The lowest BCUT2D eigenvalue weighted by atomic mass is 9.55. The number of nitrogens with zero attached hydrogens (tertiary/aromatic N) is 1. The molecule has 3 aliphatic rings. The highest BCUT2D eigenvalue weighted by atomic mass is 35.5. The second kappa shape index (κ2) is 7.06. The average molecular weight is 463 g/mol. The average Bonchev–Trinajstić information content (AvgIpc) is 2.69. The Morgan fingerprint density at radius 1 is 1.22 bits per heavy atom. The Bertz CT molecular complexity index is 1160. The van der Waals surface area contributed by atoms with Crippen molar-refractivity contribution in [3.63, 3.8) is 0 Å². The molecule has 9 nitrogen and oxygen atoms in total. The highest BCUT2D eigenvalue weighted by molar-refractivity contribution is 6.32. The Morgan fingerprint density at radius 2 is 1.84 bits per heavy atom. The Hall–Kier alpha value is -2.88. The molecule has 0 bridgehead atoms. The summed E-state index contributed by atoms with van der Waals surface area (Å²) in [6.07, 6.45) is 0.0128. The van der Waals surface area contributed by atoms with Crippen molar-refractivity contribution >= 4 is 34.8 Å². The number of phenols is 1. The fourth-order valence-electron chi connectivity index (χ4n) is 5.56.